The Morgan fingerprint density at radius 1 is 1.31 bits per heavy atom. The van der Waals surface area contributed by atoms with Crippen LogP contribution in [0.3, 0.4) is 0 Å². The van der Waals surface area contributed by atoms with Gasteiger partial charge in [0.2, 0.25) is 0 Å². The zero-order valence-corrected chi connectivity index (χ0v) is 10.4. The molecule has 0 spiro atoms. The summed E-state index contributed by atoms with van der Waals surface area (Å²) < 4.78 is 5.74. The van der Waals surface area contributed by atoms with Crippen molar-refractivity contribution in [3.8, 4) is 5.75 Å². The van der Waals surface area contributed by atoms with Gasteiger partial charge in [-0.2, -0.15) is 0 Å². The minimum Gasteiger partial charge on any atom is -0.492 e. The van der Waals surface area contributed by atoms with Gasteiger partial charge in [-0.1, -0.05) is 25.1 Å². The second-order valence-corrected chi connectivity index (χ2v) is 4.29. The average Bonchev–Trinajstić information content (AvgIpc) is 2.26. The highest BCUT2D eigenvalue weighted by Gasteiger charge is 2.06. The summed E-state index contributed by atoms with van der Waals surface area (Å²) in [5.41, 5.74) is 7.18. The standard InChI is InChI=1S/C13H22N2O/c1-4-11-7-5-6-8-13(11)16-10-12(14)9-15(2)3/h5-8,12H,4,9-10,14H2,1-3H3. The summed E-state index contributed by atoms with van der Waals surface area (Å²) in [6.07, 6.45) is 0.985. The number of aryl methyl sites for hydroxylation is 1. The van der Waals surface area contributed by atoms with E-state index in [4.69, 9.17) is 10.5 Å². The molecule has 3 nitrogen and oxygen atoms in total. The molecule has 0 radical (unpaired) electrons. The first-order valence-corrected chi connectivity index (χ1v) is 5.74. The normalized spacial score (nSPS) is 12.8. The summed E-state index contributed by atoms with van der Waals surface area (Å²) in [6.45, 7) is 3.53. The lowest BCUT2D eigenvalue weighted by atomic mass is 10.1. The Hall–Kier alpha value is -1.06. The predicted octanol–water partition coefficient (Wildman–Crippen LogP) is 1.52. The van der Waals surface area contributed by atoms with Crippen molar-refractivity contribution in [1.29, 1.82) is 0 Å². The third kappa shape index (κ3) is 4.21. The first-order chi connectivity index (χ1) is 7.63. The lowest BCUT2D eigenvalue weighted by Crippen LogP contribution is -2.38. The molecule has 1 rings (SSSR count). The molecule has 0 aliphatic carbocycles. The lowest BCUT2D eigenvalue weighted by Gasteiger charge is -2.18. The molecule has 0 amide bonds. The molecule has 0 heterocycles. The number of nitrogens with two attached hydrogens (primary N) is 1. The first kappa shape index (κ1) is 13.0. The van der Waals surface area contributed by atoms with Crippen molar-refractivity contribution >= 4 is 0 Å². The molecule has 0 bridgehead atoms. The van der Waals surface area contributed by atoms with E-state index in [0.29, 0.717) is 6.61 Å². The van der Waals surface area contributed by atoms with Gasteiger partial charge >= 0.3 is 0 Å². The largest absolute Gasteiger partial charge is 0.492 e. The second-order valence-electron chi connectivity index (χ2n) is 4.29. The summed E-state index contributed by atoms with van der Waals surface area (Å²) in [5, 5.41) is 0. The summed E-state index contributed by atoms with van der Waals surface area (Å²) in [5.74, 6) is 0.958. The fourth-order valence-corrected chi connectivity index (χ4v) is 1.66. The third-order valence-electron chi connectivity index (χ3n) is 2.41. The Morgan fingerprint density at radius 2 is 2.00 bits per heavy atom. The quantitative estimate of drug-likeness (QED) is 0.793. The Labute approximate surface area is 98.2 Å². The molecule has 3 heteroatoms. The van der Waals surface area contributed by atoms with E-state index in [2.05, 4.69) is 17.9 Å². The topological polar surface area (TPSA) is 38.5 Å². The lowest BCUT2D eigenvalue weighted by molar-refractivity contribution is 0.252. The maximum atomic E-state index is 5.95. The van der Waals surface area contributed by atoms with Crippen LogP contribution in [0.5, 0.6) is 5.75 Å². The van der Waals surface area contributed by atoms with E-state index < -0.39 is 0 Å². The summed E-state index contributed by atoms with van der Waals surface area (Å²) >= 11 is 0. The van der Waals surface area contributed by atoms with Crippen LogP contribution >= 0.6 is 0 Å². The molecule has 0 aromatic heterocycles. The summed E-state index contributed by atoms with van der Waals surface area (Å²) in [4.78, 5) is 2.07. The summed E-state index contributed by atoms with van der Waals surface area (Å²) in [7, 11) is 4.03. The van der Waals surface area contributed by atoms with Gasteiger partial charge in [-0.25, -0.2) is 0 Å². The van der Waals surface area contributed by atoms with Gasteiger partial charge in [-0.05, 0) is 32.1 Å². The molecule has 1 aromatic carbocycles. The van der Waals surface area contributed by atoms with Gasteiger partial charge < -0.3 is 15.4 Å². The molecule has 1 atom stereocenters. The zero-order chi connectivity index (χ0) is 12.0. The molecule has 1 unspecified atom stereocenters. The highest BCUT2D eigenvalue weighted by Crippen LogP contribution is 2.18. The molecule has 2 N–H and O–H groups in total. The van der Waals surface area contributed by atoms with Gasteiger partial charge in [-0.15, -0.1) is 0 Å². The Morgan fingerprint density at radius 3 is 2.62 bits per heavy atom. The number of benzene rings is 1. The van der Waals surface area contributed by atoms with E-state index in [1.807, 2.05) is 32.3 Å². The Kier molecular flexibility index (Phi) is 5.29. The average molecular weight is 222 g/mol. The van der Waals surface area contributed by atoms with Gasteiger partial charge in [0.25, 0.3) is 0 Å². The monoisotopic (exact) mass is 222 g/mol. The first-order valence-electron chi connectivity index (χ1n) is 5.74. The van der Waals surface area contributed by atoms with Gasteiger partial charge in [0.05, 0.1) is 6.04 Å². The number of ether oxygens (including phenoxy) is 1. The number of rotatable bonds is 6. The molecule has 0 saturated carbocycles. The van der Waals surface area contributed by atoms with Crippen LogP contribution in [0.25, 0.3) is 0 Å². The minimum atomic E-state index is 0.0555. The second kappa shape index (κ2) is 6.51. The fraction of sp³-hybridized carbons (Fsp3) is 0.538. The molecular formula is C13H22N2O. The van der Waals surface area contributed by atoms with Crippen molar-refractivity contribution in [1.82, 2.24) is 4.90 Å². The van der Waals surface area contributed by atoms with Crippen LogP contribution in [0.2, 0.25) is 0 Å². The van der Waals surface area contributed by atoms with Crippen molar-refractivity contribution < 1.29 is 4.74 Å². The Balaban J connectivity index is 2.47. The molecule has 0 aliphatic heterocycles. The maximum absolute atomic E-state index is 5.95. The molecule has 16 heavy (non-hydrogen) atoms. The molecule has 90 valence electrons. The van der Waals surface area contributed by atoms with Crippen molar-refractivity contribution in [2.24, 2.45) is 5.73 Å². The van der Waals surface area contributed by atoms with E-state index in [1.54, 1.807) is 0 Å². The number of hydrogen-bond donors (Lipinski definition) is 1. The van der Waals surface area contributed by atoms with Crippen molar-refractivity contribution in [3.63, 3.8) is 0 Å². The van der Waals surface area contributed by atoms with Crippen LogP contribution in [0.15, 0.2) is 24.3 Å². The van der Waals surface area contributed by atoms with E-state index in [0.717, 1.165) is 18.7 Å². The van der Waals surface area contributed by atoms with Gasteiger partial charge in [0.15, 0.2) is 0 Å². The number of hydrogen-bond acceptors (Lipinski definition) is 3. The van der Waals surface area contributed by atoms with Crippen LogP contribution in [-0.4, -0.2) is 38.2 Å². The predicted molar refractivity (Wildman–Crippen MR) is 67.8 cm³/mol. The molecule has 1 aromatic rings. The van der Waals surface area contributed by atoms with Gasteiger partial charge in [0.1, 0.15) is 12.4 Å². The molecular weight excluding hydrogens is 200 g/mol. The van der Waals surface area contributed by atoms with Crippen molar-refractivity contribution in [3.05, 3.63) is 29.8 Å². The summed E-state index contributed by atoms with van der Waals surface area (Å²) in [6, 6.07) is 8.17. The molecule has 0 aliphatic rings. The highest BCUT2D eigenvalue weighted by molar-refractivity contribution is 5.33. The zero-order valence-electron chi connectivity index (χ0n) is 10.4. The number of likely N-dealkylation sites (N-methyl/N-ethyl adjacent to an activating group) is 1. The highest BCUT2D eigenvalue weighted by atomic mass is 16.5. The van der Waals surface area contributed by atoms with E-state index in [9.17, 15) is 0 Å². The van der Waals surface area contributed by atoms with Crippen LogP contribution in [0, 0.1) is 0 Å². The van der Waals surface area contributed by atoms with Crippen LogP contribution in [0.1, 0.15) is 12.5 Å². The van der Waals surface area contributed by atoms with Crippen molar-refractivity contribution in [2.75, 3.05) is 27.2 Å². The maximum Gasteiger partial charge on any atom is 0.122 e. The smallest absolute Gasteiger partial charge is 0.122 e. The SMILES string of the molecule is CCc1ccccc1OCC(N)CN(C)C. The molecule has 0 saturated heterocycles. The van der Waals surface area contributed by atoms with Gasteiger partial charge in [-0.3, -0.25) is 0 Å². The minimum absolute atomic E-state index is 0.0555. The number of nitrogens with zero attached hydrogens (tertiary/aromatic N) is 1. The van der Waals surface area contributed by atoms with Crippen LogP contribution in [0.4, 0.5) is 0 Å². The van der Waals surface area contributed by atoms with E-state index in [-0.39, 0.29) is 6.04 Å². The van der Waals surface area contributed by atoms with Crippen molar-refractivity contribution in [2.45, 2.75) is 19.4 Å². The third-order valence-corrected chi connectivity index (χ3v) is 2.41. The van der Waals surface area contributed by atoms with Crippen LogP contribution < -0.4 is 10.5 Å². The Bertz CT molecular complexity index is 313. The fourth-order valence-electron chi connectivity index (χ4n) is 1.66. The van der Waals surface area contributed by atoms with Crippen LogP contribution in [-0.2, 0) is 6.42 Å². The molecule has 0 fully saturated rings. The van der Waals surface area contributed by atoms with E-state index in [1.165, 1.54) is 5.56 Å². The van der Waals surface area contributed by atoms with E-state index >= 15 is 0 Å². The number of para-hydroxylation sites is 1. The van der Waals surface area contributed by atoms with Gasteiger partial charge in [0, 0.05) is 6.54 Å².